The third-order valence-corrected chi connectivity index (χ3v) is 4.08. The Morgan fingerprint density at radius 1 is 1.14 bits per heavy atom. The molecule has 0 aliphatic carbocycles. The topological polar surface area (TPSA) is 46.3 Å². The maximum absolute atomic E-state index is 12.9. The van der Waals surface area contributed by atoms with E-state index >= 15 is 0 Å². The van der Waals surface area contributed by atoms with Gasteiger partial charge in [0.1, 0.15) is 0 Å². The number of hydrogen-bond acceptors (Lipinski definition) is 2. The lowest BCUT2D eigenvalue weighted by molar-refractivity contribution is 0.0988. The molecular weight excluding hydrogens is 284 g/mol. The summed E-state index contributed by atoms with van der Waals surface area (Å²) >= 11 is 5.91. The number of anilines is 2. The highest BCUT2D eigenvalue weighted by Gasteiger charge is 2.23. The summed E-state index contributed by atoms with van der Waals surface area (Å²) in [6.45, 7) is 0.720. The number of halogens is 1. The van der Waals surface area contributed by atoms with Crippen molar-refractivity contribution < 1.29 is 4.79 Å². The minimum absolute atomic E-state index is 0.0569. The number of para-hydroxylation sites is 1. The van der Waals surface area contributed by atoms with Gasteiger partial charge in [-0.2, -0.15) is 0 Å². The first-order valence-electron chi connectivity index (χ1n) is 7.11. The first kappa shape index (κ1) is 14.0. The average Bonchev–Trinajstić information content (AvgIpc) is 2.69. The van der Waals surface area contributed by atoms with Crippen LogP contribution in [-0.4, -0.2) is 12.5 Å². The van der Waals surface area contributed by atoms with E-state index in [0.717, 1.165) is 31.5 Å². The van der Waals surface area contributed by atoms with Gasteiger partial charge in [0.05, 0.1) is 5.56 Å². The van der Waals surface area contributed by atoms with Crippen molar-refractivity contribution in [1.29, 1.82) is 0 Å². The number of rotatable bonds is 1. The zero-order valence-corrected chi connectivity index (χ0v) is 12.4. The Hall–Kier alpha value is -2.00. The smallest absolute Gasteiger partial charge is 0.260 e. The molecule has 0 saturated carbocycles. The molecule has 0 aromatic heterocycles. The van der Waals surface area contributed by atoms with Crippen molar-refractivity contribution in [3.05, 3.63) is 58.6 Å². The van der Waals surface area contributed by atoms with Crippen molar-refractivity contribution in [2.75, 3.05) is 17.2 Å². The van der Waals surface area contributed by atoms with Crippen molar-refractivity contribution in [2.24, 2.45) is 0 Å². The number of nitrogens with two attached hydrogens (primary N) is 1. The van der Waals surface area contributed by atoms with Crippen molar-refractivity contribution >= 4 is 28.9 Å². The molecular formula is C17H17ClN2O. The van der Waals surface area contributed by atoms with Gasteiger partial charge in [-0.15, -0.1) is 0 Å². The fourth-order valence-corrected chi connectivity index (χ4v) is 2.96. The largest absolute Gasteiger partial charge is 0.398 e. The fraction of sp³-hybridized carbons (Fsp3) is 0.235. The summed E-state index contributed by atoms with van der Waals surface area (Å²) < 4.78 is 0. The van der Waals surface area contributed by atoms with Gasteiger partial charge in [0, 0.05) is 22.9 Å². The molecule has 0 atom stereocenters. The second-order valence-electron chi connectivity index (χ2n) is 5.27. The van der Waals surface area contributed by atoms with Crippen molar-refractivity contribution in [3.63, 3.8) is 0 Å². The highest BCUT2D eigenvalue weighted by atomic mass is 35.5. The van der Waals surface area contributed by atoms with Gasteiger partial charge in [-0.3, -0.25) is 4.79 Å². The molecule has 1 aliphatic heterocycles. The summed E-state index contributed by atoms with van der Waals surface area (Å²) in [6, 6.07) is 13.1. The zero-order valence-electron chi connectivity index (χ0n) is 11.7. The summed E-state index contributed by atoms with van der Waals surface area (Å²) in [7, 11) is 0. The summed E-state index contributed by atoms with van der Waals surface area (Å²) in [5, 5.41) is 0.542. The van der Waals surface area contributed by atoms with Crippen LogP contribution in [-0.2, 0) is 6.42 Å². The lowest BCUT2D eigenvalue weighted by atomic mass is 10.1. The van der Waals surface area contributed by atoms with Gasteiger partial charge in [0.2, 0.25) is 0 Å². The minimum Gasteiger partial charge on any atom is -0.398 e. The lowest BCUT2D eigenvalue weighted by Crippen LogP contribution is -2.32. The summed E-state index contributed by atoms with van der Waals surface area (Å²) in [4.78, 5) is 14.7. The van der Waals surface area contributed by atoms with E-state index in [1.165, 1.54) is 5.56 Å². The highest BCUT2D eigenvalue weighted by Crippen LogP contribution is 2.29. The first-order valence-corrected chi connectivity index (χ1v) is 7.49. The van der Waals surface area contributed by atoms with E-state index in [1.54, 1.807) is 18.2 Å². The second kappa shape index (κ2) is 5.78. The number of aryl methyl sites for hydroxylation is 1. The Kier molecular flexibility index (Phi) is 3.84. The predicted molar refractivity (Wildman–Crippen MR) is 86.9 cm³/mol. The van der Waals surface area contributed by atoms with Crippen LogP contribution < -0.4 is 10.6 Å². The van der Waals surface area contributed by atoms with Gasteiger partial charge < -0.3 is 10.6 Å². The van der Waals surface area contributed by atoms with Crippen LogP contribution in [0.5, 0.6) is 0 Å². The Balaban J connectivity index is 2.01. The Morgan fingerprint density at radius 2 is 1.95 bits per heavy atom. The first-order chi connectivity index (χ1) is 10.2. The van der Waals surface area contributed by atoms with E-state index in [2.05, 4.69) is 6.07 Å². The van der Waals surface area contributed by atoms with Crippen LogP contribution in [0.25, 0.3) is 0 Å². The summed E-state index contributed by atoms with van der Waals surface area (Å²) in [5.41, 5.74) is 9.10. The number of carbonyl (C=O) groups excluding carboxylic acids is 1. The standard InChI is InChI=1S/C17H17ClN2O/c18-13-8-9-14(15(19)11-13)17(21)20-10-4-3-6-12-5-1-2-7-16(12)20/h1-2,5,7-9,11H,3-4,6,10,19H2. The lowest BCUT2D eigenvalue weighted by Gasteiger charge is -2.23. The maximum Gasteiger partial charge on any atom is 0.260 e. The Labute approximate surface area is 129 Å². The van der Waals surface area contributed by atoms with E-state index in [9.17, 15) is 4.79 Å². The van der Waals surface area contributed by atoms with Gasteiger partial charge >= 0.3 is 0 Å². The normalized spacial score (nSPS) is 14.4. The molecule has 3 rings (SSSR count). The molecule has 2 aromatic rings. The molecule has 2 N–H and O–H groups in total. The SMILES string of the molecule is Nc1cc(Cl)ccc1C(=O)N1CCCCc2ccccc21. The van der Waals surface area contributed by atoms with E-state index in [0.29, 0.717) is 16.3 Å². The van der Waals surface area contributed by atoms with E-state index in [1.807, 2.05) is 23.1 Å². The molecule has 1 amide bonds. The molecule has 0 radical (unpaired) electrons. The third-order valence-electron chi connectivity index (χ3n) is 3.85. The number of nitrogens with zero attached hydrogens (tertiary/aromatic N) is 1. The molecule has 0 saturated heterocycles. The predicted octanol–water partition coefficient (Wildman–Crippen LogP) is 3.91. The number of amides is 1. The zero-order chi connectivity index (χ0) is 14.8. The van der Waals surface area contributed by atoms with E-state index in [-0.39, 0.29) is 5.91 Å². The van der Waals surface area contributed by atoms with Crippen molar-refractivity contribution in [2.45, 2.75) is 19.3 Å². The van der Waals surface area contributed by atoms with Crippen LogP contribution in [0.2, 0.25) is 5.02 Å². The molecule has 108 valence electrons. The van der Waals surface area contributed by atoms with Crippen LogP contribution in [0.3, 0.4) is 0 Å². The van der Waals surface area contributed by atoms with Crippen LogP contribution in [0, 0.1) is 0 Å². The monoisotopic (exact) mass is 300 g/mol. The minimum atomic E-state index is -0.0569. The molecule has 21 heavy (non-hydrogen) atoms. The number of nitrogen functional groups attached to an aromatic ring is 1. The summed E-state index contributed by atoms with van der Waals surface area (Å²) in [6.07, 6.45) is 3.10. The molecule has 0 bridgehead atoms. The molecule has 3 nitrogen and oxygen atoms in total. The van der Waals surface area contributed by atoms with Gasteiger partial charge in [-0.1, -0.05) is 29.8 Å². The quantitative estimate of drug-likeness (QED) is 0.812. The number of benzene rings is 2. The molecule has 4 heteroatoms. The van der Waals surface area contributed by atoms with Crippen molar-refractivity contribution in [3.8, 4) is 0 Å². The maximum atomic E-state index is 12.9. The van der Waals surface area contributed by atoms with E-state index < -0.39 is 0 Å². The average molecular weight is 301 g/mol. The van der Waals surface area contributed by atoms with Crippen LogP contribution >= 0.6 is 11.6 Å². The number of fused-ring (bicyclic) bond motifs is 1. The van der Waals surface area contributed by atoms with Gasteiger partial charge in [-0.25, -0.2) is 0 Å². The van der Waals surface area contributed by atoms with Crippen LogP contribution in [0.4, 0.5) is 11.4 Å². The number of hydrogen-bond donors (Lipinski definition) is 1. The highest BCUT2D eigenvalue weighted by molar-refractivity contribution is 6.31. The molecule has 1 heterocycles. The molecule has 0 spiro atoms. The molecule has 0 unspecified atom stereocenters. The van der Waals surface area contributed by atoms with Gasteiger partial charge in [0.15, 0.2) is 0 Å². The Morgan fingerprint density at radius 3 is 2.76 bits per heavy atom. The molecule has 1 aliphatic rings. The third kappa shape index (κ3) is 2.74. The van der Waals surface area contributed by atoms with Crippen molar-refractivity contribution in [1.82, 2.24) is 0 Å². The fourth-order valence-electron chi connectivity index (χ4n) is 2.78. The van der Waals surface area contributed by atoms with E-state index in [4.69, 9.17) is 17.3 Å². The van der Waals surface area contributed by atoms with Crippen LogP contribution in [0.1, 0.15) is 28.8 Å². The number of carbonyl (C=O) groups is 1. The van der Waals surface area contributed by atoms with Crippen LogP contribution in [0.15, 0.2) is 42.5 Å². The van der Waals surface area contributed by atoms with Gasteiger partial charge in [-0.05, 0) is 49.1 Å². The van der Waals surface area contributed by atoms with Gasteiger partial charge in [0.25, 0.3) is 5.91 Å². The second-order valence-corrected chi connectivity index (χ2v) is 5.71. The summed E-state index contributed by atoms with van der Waals surface area (Å²) in [5.74, 6) is -0.0569. The molecule has 0 fully saturated rings. The molecule has 2 aromatic carbocycles. The Bertz CT molecular complexity index is 684.